The van der Waals surface area contributed by atoms with E-state index in [-0.39, 0.29) is 44.6 Å². The number of hydrogen-bond donors (Lipinski definition) is 3. The highest BCUT2D eigenvalue weighted by atomic mass is 79.9. The van der Waals surface area contributed by atoms with Gasteiger partial charge in [-0.05, 0) is 171 Å². The van der Waals surface area contributed by atoms with Crippen molar-refractivity contribution >= 4 is 248 Å². The van der Waals surface area contributed by atoms with Gasteiger partial charge in [-0.25, -0.2) is 29.9 Å². The summed E-state index contributed by atoms with van der Waals surface area (Å²) in [5, 5.41) is 23.7. The fraction of sp³-hybridized carbons (Fsp3) is 0.255. The van der Waals surface area contributed by atoms with Crippen LogP contribution in [0.1, 0.15) is 81.1 Å². The Bertz CT molecular complexity index is 6030. The molecule has 696 valence electrons. The predicted molar refractivity (Wildman–Crippen MR) is 592 cm³/mol. The van der Waals surface area contributed by atoms with Gasteiger partial charge in [0, 0.05) is 151 Å². The van der Waals surface area contributed by atoms with E-state index in [2.05, 4.69) is 242 Å². The maximum absolute atomic E-state index is 6.69. The molecule has 4 atom stereocenters. The number of ether oxygens (including phenoxy) is 2. The maximum Gasteiger partial charge on any atom is 0.147 e. The van der Waals surface area contributed by atoms with E-state index in [0.29, 0.717) is 0 Å². The van der Waals surface area contributed by atoms with Gasteiger partial charge in [0.15, 0.2) is 0 Å². The minimum atomic E-state index is 0.115. The number of benzene rings is 6. The highest BCUT2D eigenvalue weighted by Crippen LogP contribution is 2.50. The van der Waals surface area contributed by atoms with E-state index in [0.717, 1.165) is 189 Å². The second-order valence-electron chi connectivity index (χ2n) is 33.5. The zero-order valence-electron chi connectivity index (χ0n) is 74.5. The number of nitrogens with zero attached hydrogens (tertiary/aromatic N) is 8. The topological polar surface area (TPSA) is 154 Å². The van der Waals surface area contributed by atoms with Gasteiger partial charge in [0.2, 0.25) is 0 Å². The van der Waals surface area contributed by atoms with Crippen LogP contribution >= 0.6 is 236 Å². The molecule has 32 heteroatoms. The minimum Gasteiger partial charge on any atom is -0.376 e. The summed E-state index contributed by atoms with van der Waals surface area (Å²) in [5.41, 5.74) is 19.6. The number of hydrogen-bond acceptors (Lipinski definition) is 25. The van der Waals surface area contributed by atoms with E-state index in [1.165, 1.54) is 41.0 Å². The third-order valence-corrected chi connectivity index (χ3v) is 37.4. The van der Waals surface area contributed by atoms with Gasteiger partial charge in [0.05, 0.1) is 92.7 Å². The summed E-state index contributed by atoms with van der Waals surface area (Å²) >= 11 is 66.7. The number of halogens is 7. The quantitative estimate of drug-likeness (QED) is 0.0620. The fourth-order valence-corrected chi connectivity index (χ4v) is 27.2. The van der Waals surface area contributed by atoms with Crippen LogP contribution in [-0.2, 0) is 9.47 Å². The SMILES string of the molecule is CC(C)(C)Sc1cccc(-c2cccs2)c1Cl.CC(C)(C)Sc1cccc(-c2cccs2)c1Cl.C[C@@H]1OCC2(CCN(c3cnc(Sc4cccc(-c5cccs5)c4Cl)cn3)CC2)[C@@H]1N.C[C@@H]1OCC2(CCN(c3cnc(Sc4cccc(-c5cccs5)c4Cl)cn3)CC2)[C@@H]1N.Clc1c(Sc2cnc(Br)cn2)cccc1-c1cccs1.Sc1cccc(-c2cccs2)c1Cl.c1ccsc1. The van der Waals surface area contributed by atoms with Crippen molar-refractivity contribution in [3.8, 4) is 62.6 Å². The summed E-state index contributed by atoms with van der Waals surface area (Å²) < 4.78 is 12.7. The molecule has 4 aliphatic heterocycles. The van der Waals surface area contributed by atoms with Crippen LogP contribution in [0.5, 0.6) is 0 Å². The van der Waals surface area contributed by atoms with Crippen LogP contribution in [0.15, 0.2) is 323 Å². The average Bonchev–Trinajstić information content (AvgIpc) is 1.62. The lowest BCUT2D eigenvalue weighted by Crippen LogP contribution is -2.50. The lowest BCUT2D eigenvalue weighted by Gasteiger charge is -2.41. The number of thiol groups is 1. The molecule has 4 aliphatic rings. The Labute approximate surface area is 879 Å². The third-order valence-electron chi connectivity index (χ3n) is 22.1. The Morgan fingerprint density at radius 3 is 0.888 bits per heavy atom. The molecule has 14 heterocycles. The summed E-state index contributed by atoms with van der Waals surface area (Å²) in [6.07, 6.45) is 15.2. The highest BCUT2D eigenvalue weighted by molar-refractivity contribution is 9.10. The van der Waals surface area contributed by atoms with Crippen LogP contribution in [-0.4, -0.2) is 103 Å². The molecule has 0 amide bonds. The molecule has 20 rings (SSSR count). The Kier molecular flexibility index (Phi) is 38.5. The zero-order valence-corrected chi connectivity index (χ0v) is 91.3. The zero-order chi connectivity index (χ0) is 94.5. The van der Waals surface area contributed by atoms with Crippen molar-refractivity contribution in [1.82, 2.24) is 29.9 Å². The largest absolute Gasteiger partial charge is 0.376 e. The van der Waals surface area contributed by atoms with Gasteiger partial charge in [-0.15, -0.1) is 104 Å². The second-order valence-corrected chi connectivity index (χ2v) is 50.5. The molecule has 0 unspecified atom stereocenters. The number of thioether (sulfide) groups is 2. The van der Waals surface area contributed by atoms with Gasteiger partial charge in [-0.3, -0.25) is 0 Å². The van der Waals surface area contributed by atoms with E-state index < -0.39 is 0 Å². The van der Waals surface area contributed by atoms with Crippen LogP contribution in [0.4, 0.5) is 11.6 Å². The first-order chi connectivity index (χ1) is 64.6. The standard InChI is InChI=1S/2C23H25ClN4OS2.C14H8BrClN2S2.2C14H15ClS2.C10H7ClS2.C4H4S/c2*1-15-22(25)23(14-29-15)7-9-28(10-8-23)19-12-27-20(13-26-19)31-18-5-2-4-16(21(18)24)17-6-3-11-30-17;15-12-7-18-13(8-17-12)20-11-4-1-3-9(14(11)16)10-5-2-6-19-10;2*1-14(2,3)17-12-7-4-6-10(13(12)15)11-8-5-9-16-11;11-10-7(3-1-4-8(10)12)9-5-2-6-13-9;1-2-4-5-3-1/h2*2-6,11-13,15,22H,7-10,14,25H2,1H3;1-8H;2*4-9H,1-3H3;1-6,12H;1-4H/t2*15-,22+;;;;;/m00...../s1. The molecule has 16 aromatic rings. The smallest absolute Gasteiger partial charge is 0.147 e. The van der Waals surface area contributed by atoms with E-state index in [9.17, 15) is 0 Å². The summed E-state index contributed by atoms with van der Waals surface area (Å²) in [6.45, 7) is 22.6. The molecule has 6 aromatic carbocycles. The van der Waals surface area contributed by atoms with Crippen LogP contribution in [0, 0.1) is 10.8 Å². The lowest BCUT2D eigenvalue weighted by molar-refractivity contribution is 0.0973. The molecule has 0 radical (unpaired) electrons. The van der Waals surface area contributed by atoms with E-state index >= 15 is 0 Å². The molecule has 134 heavy (non-hydrogen) atoms. The van der Waals surface area contributed by atoms with Crippen molar-refractivity contribution < 1.29 is 9.47 Å². The van der Waals surface area contributed by atoms with Gasteiger partial charge < -0.3 is 30.7 Å². The molecule has 2 spiro atoms. The fourth-order valence-electron chi connectivity index (χ4n) is 15.1. The number of thiophene rings is 7. The molecule has 4 N–H and O–H groups in total. The Balaban J connectivity index is 0.000000131. The highest BCUT2D eigenvalue weighted by Gasteiger charge is 2.49. The third kappa shape index (κ3) is 28.1. The first-order valence-electron chi connectivity index (χ1n) is 43.0. The average molecular weight is 2210 g/mol. The molecule has 10 aromatic heterocycles. The predicted octanol–water partition coefficient (Wildman–Crippen LogP) is 34.5. The van der Waals surface area contributed by atoms with Crippen molar-refractivity contribution in [3.05, 3.63) is 309 Å². The summed E-state index contributed by atoms with van der Waals surface area (Å²) in [7, 11) is 0. The summed E-state index contributed by atoms with van der Waals surface area (Å²) in [5.74, 6) is 1.83. The monoisotopic (exact) mass is 2200 g/mol. The maximum atomic E-state index is 6.69. The van der Waals surface area contributed by atoms with Crippen LogP contribution < -0.4 is 21.3 Å². The Hall–Kier alpha value is -5.78. The van der Waals surface area contributed by atoms with Crippen LogP contribution in [0.3, 0.4) is 0 Å². The number of anilines is 2. The van der Waals surface area contributed by atoms with E-state index in [1.807, 2.05) is 167 Å². The second kappa shape index (κ2) is 49.6. The lowest BCUT2D eigenvalue weighted by atomic mass is 9.73. The molecule has 12 nitrogen and oxygen atoms in total. The summed E-state index contributed by atoms with van der Waals surface area (Å²) in [6, 6.07) is 65.7. The van der Waals surface area contributed by atoms with Crippen molar-refractivity contribution in [2.75, 3.05) is 49.2 Å². The van der Waals surface area contributed by atoms with E-state index in [4.69, 9.17) is 90.5 Å². The molecule has 0 bridgehead atoms. The number of aromatic nitrogens is 6. The number of piperidine rings is 2. The molecular formula is C102H99BrCl6N10O2S13. The van der Waals surface area contributed by atoms with Crippen LogP contribution in [0.25, 0.3) is 62.6 Å². The Morgan fingerprint density at radius 2 is 0.642 bits per heavy atom. The van der Waals surface area contributed by atoms with Gasteiger partial charge >= 0.3 is 0 Å². The van der Waals surface area contributed by atoms with E-state index in [1.54, 1.807) is 115 Å². The normalized spacial score (nSPS) is 16.5. The molecule has 4 fully saturated rings. The number of rotatable bonds is 16. The van der Waals surface area contributed by atoms with Gasteiger partial charge in [0.1, 0.15) is 31.3 Å². The molecular weight excluding hydrogens is 2110 g/mol. The van der Waals surface area contributed by atoms with Crippen LogP contribution in [0.2, 0.25) is 30.1 Å². The summed E-state index contributed by atoms with van der Waals surface area (Å²) in [4.78, 5) is 45.0. The minimum absolute atomic E-state index is 0.115. The van der Waals surface area contributed by atoms with Crippen molar-refractivity contribution in [1.29, 1.82) is 0 Å². The van der Waals surface area contributed by atoms with Crippen molar-refractivity contribution in [2.24, 2.45) is 22.3 Å². The Morgan fingerprint density at radius 1 is 0.358 bits per heavy atom. The van der Waals surface area contributed by atoms with Gasteiger partial charge in [0.25, 0.3) is 0 Å². The van der Waals surface area contributed by atoms with Gasteiger partial charge in [-0.1, -0.05) is 268 Å². The number of nitrogens with two attached hydrogens (primary N) is 2. The van der Waals surface area contributed by atoms with Crippen molar-refractivity contribution in [2.45, 2.75) is 159 Å². The molecule has 4 saturated heterocycles. The molecule has 0 saturated carbocycles. The first kappa shape index (κ1) is 104. The van der Waals surface area contributed by atoms with Crippen molar-refractivity contribution in [3.63, 3.8) is 0 Å². The van der Waals surface area contributed by atoms with Gasteiger partial charge in [-0.2, -0.15) is 11.3 Å². The first-order valence-corrected chi connectivity index (χ1v) is 56.8. The molecule has 0 aliphatic carbocycles.